The highest BCUT2D eigenvalue weighted by Crippen LogP contribution is 2.08. The Morgan fingerprint density at radius 2 is 2.14 bits per heavy atom. The summed E-state index contributed by atoms with van der Waals surface area (Å²) >= 11 is 0. The summed E-state index contributed by atoms with van der Waals surface area (Å²) in [6.07, 6.45) is 0.453. The van der Waals surface area contributed by atoms with Crippen molar-refractivity contribution in [2.45, 2.75) is 0 Å². The fraction of sp³-hybridized carbons (Fsp3) is 0.111. The lowest BCUT2D eigenvalue weighted by atomic mass is 10.2. The van der Waals surface area contributed by atoms with Gasteiger partial charge in [-0.2, -0.15) is 0 Å². The summed E-state index contributed by atoms with van der Waals surface area (Å²) in [5.41, 5.74) is -0.410. The molecule has 0 aliphatic heterocycles. The van der Waals surface area contributed by atoms with Crippen LogP contribution in [-0.4, -0.2) is 18.7 Å². The zero-order valence-electron chi connectivity index (χ0n) is 7.09. The Morgan fingerprint density at radius 3 is 2.79 bits per heavy atom. The lowest BCUT2D eigenvalue weighted by Crippen LogP contribution is -2.26. The summed E-state index contributed by atoms with van der Waals surface area (Å²) in [7, 11) is 0. The molecule has 0 aliphatic carbocycles. The van der Waals surface area contributed by atoms with Crippen LogP contribution in [0.4, 0.5) is 8.78 Å². The van der Waals surface area contributed by atoms with Gasteiger partial charge in [-0.05, 0) is 18.2 Å². The van der Waals surface area contributed by atoms with Crippen molar-refractivity contribution in [3.05, 3.63) is 35.4 Å². The molecule has 1 rings (SSSR count). The van der Waals surface area contributed by atoms with Gasteiger partial charge in [0.25, 0.3) is 5.91 Å². The molecule has 1 amide bonds. The molecule has 1 aromatic carbocycles. The first kappa shape index (κ1) is 10.3. The van der Waals surface area contributed by atoms with Crippen LogP contribution in [0.1, 0.15) is 10.4 Å². The number of halogens is 2. The lowest BCUT2D eigenvalue weighted by molar-refractivity contribution is -0.107. The third-order valence-electron chi connectivity index (χ3n) is 1.52. The van der Waals surface area contributed by atoms with Gasteiger partial charge >= 0.3 is 0 Å². The molecule has 0 saturated carbocycles. The van der Waals surface area contributed by atoms with Crippen molar-refractivity contribution in [2.75, 3.05) is 6.54 Å². The van der Waals surface area contributed by atoms with E-state index in [-0.39, 0.29) is 6.54 Å². The van der Waals surface area contributed by atoms with Gasteiger partial charge in [0.15, 0.2) is 0 Å². The minimum Gasteiger partial charge on any atom is -0.345 e. The third-order valence-corrected chi connectivity index (χ3v) is 1.52. The summed E-state index contributed by atoms with van der Waals surface area (Å²) in [5, 5.41) is 2.10. The van der Waals surface area contributed by atoms with Crippen molar-refractivity contribution in [2.24, 2.45) is 0 Å². The van der Waals surface area contributed by atoms with Crippen molar-refractivity contribution in [1.82, 2.24) is 5.32 Å². The fourth-order valence-corrected chi connectivity index (χ4v) is 0.901. The zero-order chi connectivity index (χ0) is 10.6. The molecule has 74 valence electrons. The maximum atomic E-state index is 12.9. The van der Waals surface area contributed by atoms with Gasteiger partial charge in [-0.1, -0.05) is 0 Å². The van der Waals surface area contributed by atoms with Crippen molar-refractivity contribution < 1.29 is 18.4 Å². The molecular weight excluding hydrogens is 192 g/mol. The van der Waals surface area contributed by atoms with Gasteiger partial charge < -0.3 is 10.1 Å². The number of hydrogen-bond donors (Lipinski definition) is 1. The van der Waals surface area contributed by atoms with E-state index in [0.29, 0.717) is 6.29 Å². The van der Waals surface area contributed by atoms with E-state index in [2.05, 4.69) is 5.32 Å². The zero-order valence-corrected chi connectivity index (χ0v) is 7.09. The molecule has 0 radical (unpaired) electrons. The lowest BCUT2D eigenvalue weighted by Gasteiger charge is -2.02. The first-order valence-corrected chi connectivity index (χ1v) is 3.82. The Balaban J connectivity index is 2.88. The summed E-state index contributed by atoms with van der Waals surface area (Å²) in [6.45, 7) is -0.227. The van der Waals surface area contributed by atoms with E-state index in [1.807, 2.05) is 0 Å². The van der Waals surface area contributed by atoms with Crippen LogP contribution in [0.15, 0.2) is 18.2 Å². The standard InChI is InChI=1S/C9H7F2NO2/c10-6-1-2-8(11)7(5-6)9(14)12-3-4-13/h1-2,4-5H,3H2,(H,12,14). The number of nitrogens with one attached hydrogen (secondary N) is 1. The number of carbonyl (C=O) groups is 2. The van der Waals surface area contributed by atoms with E-state index in [9.17, 15) is 18.4 Å². The van der Waals surface area contributed by atoms with Crippen molar-refractivity contribution >= 4 is 12.2 Å². The molecule has 0 atom stereocenters. The summed E-state index contributed by atoms with van der Waals surface area (Å²) in [5.74, 6) is -2.34. The minimum atomic E-state index is -0.824. The largest absolute Gasteiger partial charge is 0.345 e. The molecule has 0 spiro atoms. The number of carbonyl (C=O) groups excluding carboxylic acids is 2. The summed E-state index contributed by atoms with van der Waals surface area (Å²) < 4.78 is 25.5. The van der Waals surface area contributed by atoms with Crippen molar-refractivity contribution in [3.8, 4) is 0 Å². The van der Waals surface area contributed by atoms with E-state index >= 15 is 0 Å². The monoisotopic (exact) mass is 199 g/mol. The smallest absolute Gasteiger partial charge is 0.254 e. The second-order valence-corrected chi connectivity index (χ2v) is 2.50. The molecule has 0 aliphatic rings. The summed E-state index contributed by atoms with van der Waals surface area (Å²) in [6, 6.07) is 2.53. The number of rotatable bonds is 3. The average Bonchev–Trinajstić information content (AvgIpc) is 2.18. The molecule has 0 heterocycles. The molecule has 1 aromatic rings. The van der Waals surface area contributed by atoms with Crippen LogP contribution in [0.5, 0.6) is 0 Å². The Labute approximate surface area is 78.7 Å². The van der Waals surface area contributed by atoms with E-state index in [1.54, 1.807) is 0 Å². The molecule has 0 unspecified atom stereocenters. The van der Waals surface area contributed by atoms with E-state index in [4.69, 9.17) is 0 Å². The topological polar surface area (TPSA) is 46.2 Å². The quantitative estimate of drug-likeness (QED) is 0.735. The number of aldehydes is 1. The maximum Gasteiger partial charge on any atom is 0.254 e. The van der Waals surface area contributed by atoms with Crippen molar-refractivity contribution in [3.63, 3.8) is 0 Å². The van der Waals surface area contributed by atoms with Crippen LogP contribution in [0, 0.1) is 11.6 Å². The summed E-state index contributed by atoms with van der Waals surface area (Å²) in [4.78, 5) is 21.0. The normalized spacial score (nSPS) is 9.57. The van der Waals surface area contributed by atoms with Gasteiger partial charge in [-0.3, -0.25) is 4.79 Å². The predicted molar refractivity (Wildman–Crippen MR) is 44.8 cm³/mol. The van der Waals surface area contributed by atoms with Crippen LogP contribution < -0.4 is 5.32 Å². The van der Waals surface area contributed by atoms with Gasteiger partial charge in [0.05, 0.1) is 12.1 Å². The molecule has 1 N–H and O–H groups in total. The van der Waals surface area contributed by atoms with Crippen LogP contribution >= 0.6 is 0 Å². The number of amides is 1. The molecular formula is C9H7F2NO2. The van der Waals surface area contributed by atoms with E-state index < -0.39 is 23.1 Å². The molecule has 0 saturated heterocycles. The van der Waals surface area contributed by atoms with E-state index in [0.717, 1.165) is 18.2 Å². The Morgan fingerprint density at radius 1 is 1.43 bits per heavy atom. The number of hydrogen-bond acceptors (Lipinski definition) is 2. The van der Waals surface area contributed by atoms with Crippen LogP contribution in [-0.2, 0) is 4.79 Å². The second kappa shape index (κ2) is 4.45. The third kappa shape index (κ3) is 2.35. The Kier molecular flexibility index (Phi) is 3.28. The van der Waals surface area contributed by atoms with Crippen LogP contribution in [0.25, 0.3) is 0 Å². The van der Waals surface area contributed by atoms with Crippen molar-refractivity contribution in [1.29, 1.82) is 0 Å². The second-order valence-electron chi connectivity index (χ2n) is 2.50. The first-order valence-electron chi connectivity index (χ1n) is 3.82. The van der Waals surface area contributed by atoms with Gasteiger partial charge in [0.1, 0.15) is 17.9 Å². The fourth-order valence-electron chi connectivity index (χ4n) is 0.901. The maximum absolute atomic E-state index is 12.9. The van der Waals surface area contributed by atoms with Gasteiger partial charge in [0, 0.05) is 0 Å². The van der Waals surface area contributed by atoms with Crippen LogP contribution in [0.3, 0.4) is 0 Å². The molecule has 5 heteroatoms. The highest BCUT2D eigenvalue weighted by atomic mass is 19.1. The van der Waals surface area contributed by atoms with Gasteiger partial charge in [0.2, 0.25) is 0 Å². The molecule has 0 bridgehead atoms. The molecule has 14 heavy (non-hydrogen) atoms. The van der Waals surface area contributed by atoms with Gasteiger partial charge in [-0.15, -0.1) is 0 Å². The van der Waals surface area contributed by atoms with E-state index in [1.165, 1.54) is 0 Å². The predicted octanol–water partition coefficient (Wildman–Crippen LogP) is 0.894. The highest BCUT2D eigenvalue weighted by molar-refractivity contribution is 5.95. The SMILES string of the molecule is O=CCNC(=O)c1cc(F)ccc1F. The molecule has 3 nitrogen and oxygen atoms in total. The highest BCUT2D eigenvalue weighted by Gasteiger charge is 2.11. The Hall–Kier alpha value is -1.78. The van der Waals surface area contributed by atoms with Gasteiger partial charge in [-0.25, -0.2) is 8.78 Å². The minimum absolute atomic E-state index is 0.227. The first-order chi connectivity index (χ1) is 6.65. The van der Waals surface area contributed by atoms with Crippen LogP contribution in [0.2, 0.25) is 0 Å². The molecule has 0 aromatic heterocycles. The Bertz CT molecular complexity index is 366. The number of benzene rings is 1. The molecule has 0 fully saturated rings. The average molecular weight is 199 g/mol.